The van der Waals surface area contributed by atoms with E-state index in [0.717, 1.165) is 0 Å². The van der Waals surface area contributed by atoms with Crippen molar-refractivity contribution in [2.24, 2.45) is 0 Å². The monoisotopic (exact) mass is 291 g/mol. The van der Waals surface area contributed by atoms with E-state index in [1.807, 2.05) is 12.1 Å². The van der Waals surface area contributed by atoms with Gasteiger partial charge in [-0.1, -0.05) is 35.9 Å². The van der Waals surface area contributed by atoms with Crippen LogP contribution in [0.25, 0.3) is 0 Å². The van der Waals surface area contributed by atoms with E-state index in [1.165, 1.54) is 11.1 Å². The number of nitrogens with one attached hydrogen (secondary N) is 1. The molecule has 1 atom stereocenters. The maximum atomic E-state index is 11.6. The van der Waals surface area contributed by atoms with E-state index >= 15 is 0 Å². The third-order valence-corrected chi connectivity index (χ3v) is 3.91. The second kappa shape index (κ2) is 5.26. The first-order valence-corrected chi connectivity index (χ1v) is 6.66. The van der Waals surface area contributed by atoms with Crippen molar-refractivity contribution in [3.05, 3.63) is 57.0 Å². The van der Waals surface area contributed by atoms with Crippen LogP contribution in [-0.4, -0.2) is 23.9 Å². The van der Waals surface area contributed by atoms with Crippen molar-refractivity contribution in [3.8, 4) is 0 Å². The summed E-state index contributed by atoms with van der Waals surface area (Å²) in [5, 5.41) is 6.34. The molecule has 0 amide bonds. The van der Waals surface area contributed by atoms with Crippen LogP contribution in [0, 0.1) is 0 Å². The SMILES string of the molecule is COCC1c2ccccc2CN1c1cn[nH]c(=O)c1Cl. The number of hydrogen-bond donors (Lipinski definition) is 1. The number of aromatic amines is 1. The van der Waals surface area contributed by atoms with Crippen LogP contribution in [0.1, 0.15) is 17.2 Å². The molecular formula is C14H14ClN3O2. The molecule has 1 aromatic carbocycles. The smallest absolute Gasteiger partial charge is 0.285 e. The lowest BCUT2D eigenvalue weighted by Crippen LogP contribution is -2.27. The quantitative estimate of drug-likeness (QED) is 0.941. The maximum Gasteiger partial charge on any atom is 0.285 e. The molecule has 104 valence electrons. The molecule has 2 heterocycles. The zero-order valence-corrected chi connectivity index (χ0v) is 11.7. The fourth-order valence-corrected chi connectivity index (χ4v) is 2.83. The third kappa shape index (κ3) is 2.09. The van der Waals surface area contributed by atoms with E-state index in [0.29, 0.717) is 18.8 Å². The summed E-state index contributed by atoms with van der Waals surface area (Å²) >= 11 is 6.12. The zero-order chi connectivity index (χ0) is 14.1. The molecule has 5 nitrogen and oxygen atoms in total. The van der Waals surface area contributed by atoms with Gasteiger partial charge in [0.1, 0.15) is 5.02 Å². The predicted octanol–water partition coefficient (Wildman–Crippen LogP) is 2.13. The Balaban J connectivity index is 2.06. The van der Waals surface area contributed by atoms with Gasteiger partial charge in [-0.3, -0.25) is 4.79 Å². The molecule has 1 N–H and O–H groups in total. The highest BCUT2D eigenvalue weighted by Crippen LogP contribution is 2.38. The minimum atomic E-state index is -0.378. The molecule has 0 saturated carbocycles. The summed E-state index contributed by atoms with van der Waals surface area (Å²) in [4.78, 5) is 13.7. The van der Waals surface area contributed by atoms with Crippen molar-refractivity contribution in [1.82, 2.24) is 10.2 Å². The molecule has 1 aliphatic rings. The standard InChI is InChI=1S/C14H14ClN3O2/c1-20-8-12-10-5-3-2-4-9(10)7-18(12)11-6-16-17-14(19)13(11)15/h2-6,12H,7-8H2,1H3,(H,17,19). The van der Waals surface area contributed by atoms with Gasteiger partial charge >= 0.3 is 0 Å². The Kier molecular flexibility index (Phi) is 3.46. The number of methoxy groups -OCH3 is 1. The summed E-state index contributed by atoms with van der Waals surface area (Å²) in [6.07, 6.45) is 1.58. The number of halogens is 1. The van der Waals surface area contributed by atoms with Crippen LogP contribution in [0.4, 0.5) is 5.69 Å². The van der Waals surface area contributed by atoms with Crippen LogP contribution >= 0.6 is 11.6 Å². The number of rotatable bonds is 3. The van der Waals surface area contributed by atoms with E-state index in [2.05, 4.69) is 27.2 Å². The normalized spacial score (nSPS) is 17.3. The Morgan fingerprint density at radius 2 is 2.30 bits per heavy atom. The van der Waals surface area contributed by atoms with E-state index in [9.17, 15) is 4.79 Å². The van der Waals surface area contributed by atoms with Crippen molar-refractivity contribution >= 4 is 17.3 Å². The Morgan fingerprint density at radius 1 is 1.50 bits per heavy atom. The van der Waals surface area contributed by atoms with Crippen LogP contribution in [0.5, 0.6) is 0 Å². The topological polar surface area (TPSA) is 58.2 Å². The first-order chi connectivity index (χ1) is 9.72. The number of fused-ring (bicyclic) bond motifs is 1. The fraction of sp³-hybridized carbons (Fsp3) is 0.286. The minimum absolute atomic E-state index is 0.0392. The first kappa shape index (κ1) is 13.1. The zero-order valence-electron chi connectivity index (χ0n) is 11.0. The highest BCUT2D eigenvalue weighted by atomic mass is 35.5. The molecule has 20 heavy (non-hydrogen) atoms. The summed E-state index contributed by atoms with van der Waals surface area (Å²) in [6.45, 7) is 1.22. The van der Waals surface area contributed by atoms with Crippen molar-refractivity contribution in [3.63, 3.8) is 0 Å². The van der Waals surface area contributed by atoms with E-state index in [-0.39, 0.29) is 16.6 Å². The second-order valence-electron chi connectivity index (χ2n) is 4.70. The Bertz CT molecular complexity index is 686. The average molecular weight is 292 g/mol. The van der Waals surface area contributed by atoms with Gasteiger partial charge in [0.15, 0.2) is 0 Å². The fourth-order valence-electron chi connectivity index (χ4n) is 2.63. The number of H-pyrrole nitrogens is 1. The van der Waals surface area contributed by atoms with Gasteiger partial charge in [-0.05, 0) is 11.1 Å². The highest BCUT2D eigenvalue weighted by molar-refractivity contribution is 6.33. The van der Waals surface area contributed by atoms with Gasteiger partial charge in [-0.2, -0.15) is 5.10 Å². The average Bonchev–Trinajstić information content (AvgIpc) is 2.81. The maximum absolute atomic E-state index is 11.6. The van der Waals surface area contributed by atoms with E-state index in [4.69, 9.17) is 16.3 Å². The molecule has 0 radical (unpaired) electrons. The van der Waals surface area contributed by atoms with Gasteiger partial charge in [0.05, 0.1) is 24.5 Å². The second-order valence-corrected chi connectivity index (χ2v) is 5.07. The van der Waals surface area contributed by atoms with Crippen molar-refractivity contribution in [2.75, 3.05) is 18.6 Å². The largest absolute Gasteiger partial charge is 0.382 e. The molecular weight excluding hydrogens is 278 g/mol. The highest BCUT2D eigenvalue weighted by Gasteiger charge is 2.31. The molecule has 0 aliphatic carbocycles. The molecule has 1 aliphatic heterocycles. The Hall–Kier alpha value is -1.85. The molecule has 3 rings (SSSR count). The lowest BCUT2D eigenvalue weighted by Gasteiger charge is -2.26. The number of hydrogen-bond acceptors (Lipinski definition) is 4. The lowest BCUT2D eigenvalue weighted by molar-refractivity contribution is 0.180. The van der Waals surface area contributed by atoms with E-state index < -0.39 is 0 Å². The molecule has 1 unspecified atom stereocenters. The van der Waals surface area contributed by atoms with Gasteiger partial charge in [-0.15, -0.1) is 0 Å². The molecule has 0 fully saturated rings. The molecule has 0 saturated heterocycles. The van der Waals surface area contributed by atoms with Crippen molar-refractivity contribution < 1.29 is 4.74 Å². The molecule has 2 aromatic rings. The molecule has 0 spiro atoms. The number of nitrogens with zero attached hydrogens (tertiary/aromatic N) is 2. The van der Waals surface area contributed by atoms with E-state index in [1.54, 1.807) is 13.3 Å². The summed E-state index contributed by atoms with van der Waals surface area (Å²) in [6, 6.07) is 8.20. The predicted molar refractivity (Wildman–Crippen MR) is 77.1 cm³/mol. The Labute approximate surface area is 121 Å². The molecule has 0 bridgehead atoms. The molecule has 1 aromatic heterocycles. The van der Waals surface area contributed by atoms with Crippen molar-refractivity contribution in [1.29, 1.82) is 0 Å². The van der Waals surface area contributed by atoms with Crippen molar-refractivity contribution in [2.45, 2.75) is 12.6 Å². The number of aromatic nitrogens is 2. The first-order valence-electron chi connectivity index (χ1n) is 6.29. The number of benzene rings is 1. The van der Waals surface area contributed by atoms with Gasteiger partial charge in [0.2, 0.25) is 0 Å². The van der Waals surface area contributed by atoms with Gasteiger partial charge < -0.3 is 9.64 Å². The van der Waals surface area contributed by atoms with Crippen LogP contribution < -0.4 is 10.5 Å². The molecule has 6 heteroatoms. The van der Waals surface area contributed by atoms with Crippen LogP contribution in [0.15, 0.2) is 35.3 Å². The summed E-state index contributed by atoms with van der Waals surface area (Å²) in [5.74, 6) is 0. The van der Waals surface area contributed by atoms with Crippen LogP contribution in [0.3, 0.4) is 0 Å². The summed E-state index contributed by atoms with van der Waals surface area (Å²) < 4.78 is 5.31. The summed E-state index contributed by atoms with van der Waals surface area (Å²) in [7, 11) is 1.66. The third-order valence-electron chi connectivity index (χ3n) is 3.54. The Morgan fingerprint density at radius 3 is 3.10 bits per heavy atom. The van der Waals surface area contributed by atoms with Gasteiger partial charge in [0, 0.05) is 13.7 Å². The summed E-state index contributed by atoms with van der Waals surface area (Å²) in [5.41, 5.74) is 2.67. The minimum Gasteiger partial charge on any atom is -0.382 e. The number of ether oxygens (including phenoxy) is 1. The number of anilines is 1. The van der Waals surface area contributed by atoms with Gasteiger partial charge in [0.25, 0.3) is 5.56 Å². The van der Waals surface area contributed by atoms with Gasteiger partial charge in [-0.25, -0.2) is 5.10 Å². The van der Waals surface area contributed by atoms with Crippen LogP contribution in [-0.2, 0) is 11.3 Å². The lowest BCUT2D eigenvalue weighted by atomic mass is 10.1. The van der Waals surface area contributed by atoms with Crippen LogP contribution in [0.2, 0.25) is 5.02 Å².